The molecule has 146 valence electrons. The lowest BCUT2D eigenvalue weighted by Gasteiger charge is -2.45. The Morgan fingerprint density at radius 1 is 1.14 bits per heavy atom. The molecule has 28 heavy (non-hydrogen) atoms. The molecule has 0 aromatic heterocycles. The number of nitrogens with one attached hydrogen (secondary N) is 3. The van der Waals surface area contributed by atoms with Crippen LogP contribution in [0.25, 0.3) is 0 Å². The molecule has 1 fully saturated rings. The fourth-order valence-electron chi connectivity index (χ4n) is 4.34. The number of carbonyl (C=O) groups excluding carboxylic acids is 1. The third-order valence-electron chi connectivity index (χ3n) is 5.76. The maximum absolute atomic E-state index is 11.4. The molecule has 4 rings (SSSR count). The maximum atomic E-state index is 11.4. The number of nitrogens with zero attached hydrogens (tertiary/aromatic N) is 1. The molecular weight excluding hydrogens is 348 g/mol. The molecule has 0 saturated heterocycles. The van der Waals surface area contributed by atoms with Crippen LogP contribution in [0, 0.1) is 6.92 Å². The van der Waals surface area contributed by atoms with Crippen LogP contribution in [0.1, 0.15) is 43.7 Å². The molecule has 1 spiro atoms. The molecule has 0 bridgehead atoms. The van der Waals surface area contributed by atoms with Crippen molar-refractivity contribution in [2.75, 3.05) is 10.6 Å². The molecule has 0 radical (unpaired) electrons. The second-order valence-electron chi connectivity index (χ2n) is 8.01. The highest BCUT2D eigenvalue weighted by Crippen LogP contribution is 2.39. The Hall–Kier alpha value is -2.82. The number of rotatable bonds is 3. The summed E-state index contributed by atoms with van der Waals surface area (Å²) in [6.45, 7) is 4.36. The first kappa shape index (κ1) is 18.5. The highest BCUT2D eigenvalue weighted by atomic mass is 16.1. The Bertz CT molecular complexity index is 897. The number of amidine groups is 1. The van der Waals surface area contributed by atoms with E-state index in [0.717, 1.165) is 42.9 Å². The van der Waals surface area contributed by atoms with Crippen molar-refractivity contribution in [3.63, 3.8) is 0 Å². The Labute approximate surface area is 166 Å². The predicted octanol–water partition coefficient (Wildman–Crippen LogP) is 4.25. The minimum Gasteiger partial charge on any atom is -0.371 e. The van der Waals surface area contributed by atoms with E-state index < -0.39 is 0 Å². The van der Waals surface area contributed by atoms with Crippen LogP contribution in [0.5, 0.6) is 0 Å². The summed E-state index contributed by atoms with van der Waals surface area (Å²) >= 11 is 0. The normalized spacial score (nSPS) is 24.9. The minimum atomic E-state index is -0.201. The van der Waals surface area contributed by atoms with Crippen LogP contribution in [0.4, 0.5) is 11.4 Å². The van der Waals surface area contributed by atoms with Gasteiger partial charge in [-0.25, -0.2) is 0 Å². The number of aliphatic imine (C=N–C) groups is 1. The number of hydrogen-bond donors (Lipinski definition) is 3. The Morgan fingerprint density at radius 2 is 1.89 bits per heavy atom. The highest BCUT2D eigenvalue weighted by molar-refractivity contribution is 6.09. The fourth-order valence-corrected chi connectivity index (χ4v) is 4.34. The molecule has 0 unspecified atom stereocenters. The van der Waals surface area contributed by atoms with Gasteiger partial charge in [0.1, 0.15) is 5.84 Å². The van der Waals surface area contributed by atoms with E-state index >= 15 is 0 Å². The molecule has 3 N–H and O–H groups in total. The first-order valence-corrected chi connectivity index (χ1v) is 10.1. The van der Waals surface area contributed by atoms with Crippen LogP contribution in [0.2, 0.25) is 0 Å². The summed E-state index contributed by atoms with van der Waals surface area (Å²) in [5.74, 6) is 1.06. The van der Waals surface area contributed by atoms with Crippen LogP contribution in [0.15, 0.2) is 53.5 Å². The van der Waals surface area contributed by atoms with Crippen molar-refractivity contribution in [2.24, 2.45) is 4.99 Å². The first-order valence-electron chi connectivity index (χ1n) is 10.1. The number of fused-ring (bicyclic) bond motifs is 1. The Kier molecular flexibility index (Phi) is 5.07. The number of anilines is 2. The van der Waals surface area contributed by atoms with Gasteiger partial charge in [-0.3, -0.25) is 9.79 Å². The monoisotopic (exact) mass is 376 g/mol. The van der Waals surface area contributed by atoms with Gasteiger partial charge in [0, 0.05) is 13.0 Å². The molecule has 5 nitrogen and oxygen atoms in total. The van der Waals surface area contributed by atoms with Gasteiger partial charge in [-0.1, -0.05) is 42.0 Å². The number of benzene rings is 2. The average Bonchev–Trinajstić information content (AvgIpc) is 2.68. The van der Waals surface area contributed by atoms with Crippen LogP contribution in [0.3, 0.4) is 0 Å². The zero-order chi connectivity index (χ0) is 19.6. The number of carbonyl (C=O) groups is 1. The van der Waals surface area contributed by atoms with Gasteiger partial charge in [0.25, 0.3) is 0 Å². The summed E-state index contributed by atoms with van der Waals surface area (Å²) in [6.07, 6.45) is 3.76. The molecule has 1 aliphatic heterocycles. The summed E-state index contributed by atoms with van der Waals surface area (Å²) in [5, 5.41) is 10.5. The molecule has 5 heteroatoms. The van der Waals surface area contributed by atoms with Gasteiger partial charge in [-0.05, 0) is 50.3 Å². The number of hydrogen-bond acceptors (Lipinski definition) is 3. The number of para-hydroxylation sites is 2. The van der Waals surface area contributed by atoms with E-state index in [4.69, 9.17) is 4.99 Å². The molecule has 2 aliphatic rings. The van der Waals surface area contributed by atoms with Crippen molar-refractivity contribution in [2.45, 2.75) is 57.7 Å². The van der Waals surface area contributed by atoms with Crippen molar-refractivity contribution < 1.29 is 4.79 Å². The first-order chi connectivity index (χ1) is 13.5. The van der Waals surface area contributed by atoms with Crippen LogP contribution in [-0.4, -0.2) is 23.3 Å². The third kappa shape index (κ3) is 3.88. The molecule has 1 heterocycles. The molecule has 1 saturated carbocycles. The van der Waals surface area contributed by atoms with E-state index in [2.05, 4.69) is 65.3 Å². The smallest absolute Gasteiger partial charge is 0.217 e. The molecular formula is C23H28N4O. The maximum Gasteiger partial charge on any atom is 0.217 e. The van der Waals surface area contributed by atoms with Gasteiger partial charge in [0.05, 0.1) is 23.5 Å². The Morgan fingerprint density at radius 3 is 2.61 bits per heavy atom. The zero-order valence-corrected chi connectivity index (χ0v) is 16.6. The van der Waals surface area contributed by atoms with E-state index in [9.17, 15) is 4.79 Å². The van der Waals surface area contributed by atoms with Crippen LogP contribution in [-0.2, 0) is 11.3 Å². The van der Waals surface area contributed by atoms with Gasteiger partial charge >= 0.3 is 0 Å². The number of aryl methyl sites for hydroxylation is 1. The average molecular weight is 377 g/mol. The van der Waals surface area contributed by atoms with Crippen molar-refractivity contribution in [3.05, 3.63) is 59.7 Å². The van der Waals surface area contributed by atoms with Gasteiger partial charge in [-0.15, -0.1) is 0 Å². The molecule has 0 atom stereocenters. The topological polar surface area (TPSA) is 65.5 Å². The molecule has 1 amide bonds. The summed E-state index contributed by atoms with van der Waals surface area (Å²) in [5.41, 5.74) is 4.46. The third-order valence-corrected chi connectivity index (χ3v) is 5.76. The minimum absolute atomic E-state index is 0.0503. The Balaban J connectivity index is 1.60. The lowest BCUT2D eigenvalue weighted by Crippen LogP contribution is -2.56. The van der Waals surface area contributed by atoms with Crippen molar-refractivity contribution >= 4 is 23.1 Å². The summed E-state index contributed by atoms with van der Waals surface area (Å²) < 4.78 is 0. The van der Waals surface area contributed by atoms with E-state index in [1.165, 1.54) is 11.1 Å². The standard InChI is InChI=1S/C23H28N4O/c1-16-6-5-7-18(14-16)15-24-22-23(12-10-19(11-13-23)25-17(2)28)27-21-9-4-3-8-20(21)26-22/h3-9,14,19,27H,10-13,15H2,1-2H3,(H,24,26)(H,25,28). The highest BCUT2D eigenvalue weighted by Gasteiger charge is 2.43. The lowest BCUT2D eigenvalue weighted by molar-refractivity contribution is -0.119. The van der Waals surface area contributed by atoms with Crippen LogP contribution < -0.4 is 16.0 Å². The second-order valence-corrected chi connectivity index (χ2v) is 8.01. The van der Waals surface area contributed by atoms with E-state index in [1.807, 2.05) is 6.07 Å². The van der Waals surface area contributed by atoms with Crippen molar-refractivity contribution in [3.8, 4) is 0 Å². The van der Waals surface area contributed by atoms with Crippen molar-refractivity contribution in [1.29, 1.82) is 0 Å². The van der Waals surface area contributed by atoms with E-state index in [0.29, 0.717) is 6.54 Å². The van der Waals surface area contributed by atoms with Gasteiger partial charge < -0.3 is 16.0 Å². The fraction of sp³-hybridized carbons (Fsp3) is 0.391. The predicted molar refractivity (Wildman–Crippen MR) is 115 cm³/mol. The largest absolute Gasteiger partial charge is 0.371 e. The summed E-state index contributed by atoms with van der Waals surface area (Å²) in [7, 11) is 0. The van der Waals surface area contributed by atoms with Gasteiger partial charge in [0.2, 0.25) is 5.91 Å². The molecule has 1 aliphatic carbocycles. The molecule has 2 aromatic rings. The SMILES string of the molecule is CC(=O)NC1CCC2(CC1)Nc1ccccc1NC2=NCc1cccc(C)c1. The second kappa shape index (κ2) is 7.66. The quantitative estimate of drug-likeness (QED) is 0.750. The van der Waals surface area contributed by atoms with E-state index in [1.54, 1.807) is 6.92 Å². The van der Waals surface area contributed by atoms with E-state index in [-0.39, 0.29) is 17.5 Å². The van der Waals surface area contributed by atoms with Gasteiger partial charge in [0.15, 0.2) is 0 Å². The summed E-state index contributed by atoms with van der Waals surface area (Å²) in [4.78, 5) is 16.4. The lowest BCUT2D eigenvalue weighted by atomic mass is 9.77. The van der Waals surface area contributed by atoms with Crippen LogP contribution >= 0.6 is 0 Å². The van der Waals surface area contributed by atoms with Gasteiger partial charge in [-0.2, -0.15) is 0 Å². The molecule has 2 aromatic carbocycles. The zero-order valence-electron chi connectivity index (χ0n) is 16.6. The summed E-state index contributed by atoms with van der Waals surface area (Å²) in [6, 6.07) is 17.0. The van der Waals surface area contributed by atoms with Crippen molar-refractivity contribution in [1.82, 2.24) is 5.32 Å². The number of amides is 1.